The molecule has 0 unspecified atom stereocenters. The van der Waals surface area contributed by atoms with Gasteiger partial charge < -0.3 is 15.2 Å². The summed E-state index contributed by atoms with van der Waals surface area (Å²) in [6.07, 6.45) is 1.84. The van der Waals surface area contributed by atoms with E-state index in [2.05, 4.69) is 15.6 Å². The van der Waals surface area contributed by atoms with E-state index in [-0.39, 0.29) is 18.4 Å². The van der Waals surface area contributed by atoms with Gasteiger partial charge in [-0.2, -0.15) is 0 Å². The topological polar surface area (TPSA) is 76.0 Å². The lowest BCUT2D eigenvalue weighted by Crippen LogP contribution is -2.18. The van der Waals surface area contributed by atoms with Crippen LogP contribution in [-0.4, -0.2) is 21.4 Å². The first kappa shape index (κ1) is 17.4. The summed E-state index contributed by atoms with van der Waals surface area (Å²) in [4.78, 5) is 29.3. The summed E-state index contributed by atoms with van der Waals surface area (Å²) in [5, 5.41) is 11.1. The highest BCUT2D eigenvalue weighted by Gasteiger charge is 2.12. The molecule has 0 bridgehead atoms. The second-order valence-electron chi connectivity index (χ2n) is 5.93. The first-order valence-electron chi connectivity index (χ1n) is 8.25. The van der Waals surface area contributed by atoms with Crippen molar-refractivity contribution in [2.24, 2.45) is 0 Å². The summed E-state index contributed by atoms with van der Waals surface area (Å²) in [5.41, 5.74) is 2.49. The van der Waals surface area contributed by atoms with Crippen LogP contribution in [-0.2, 0) is 16.1 Å². The first-order chi connectivity index (χ1) is 13.1. The Bertz CT molecular complexity index is 1110. The quantitative estimate of drug-likeness (QED) is 0.524. The zero-order valence-electron chi connectivity index (χ0n) is 14.4. The van der Waals surface area contributed by atoms with Gasteiger partial charge in [0, 0.05) is 23.9 Å². The van der Waals surface area contributed by atoms with Crippen LogP contribution in [0.3, 0.4) is 0 Å². The van der Waals surface area contributed by atoms with E-state index in [1.54, 1.807) is 11.3 Å². The molecule has 0 spiro atoms. The maximum Gasteiger partial charge on any atom is 0.246 e. The second kappa shape index (κ2) is 7.34. The predicted molar refractivity (Wildman–Crippen MR) is 110 cm³/mol. The second-order valence-corrected chi connectivity index (χ2v) is 7.73. The number of nitrogens with one attached hydrogen (secondary N) is 2. The Balaban J connectivity index is 1.49. The van der Waals surface area contributed by atoms with Crippen molar-refractivity contribution in [1.82, 2.24) is 9.55 Å². The van der Waals surface area contributed by atoms with Gasteiger partial charge in [0.2, 0.25) is 11.8 Å². The smallest absolute Gasteiger partial charge is 0.246 e. The molecule has 27 heavy (non-hydrogen) atoms. The Hall–Kier alpha value is -2.97. The summed E-state index contributed by atoms with van der Waals surface area (Å²) < 4.78 is 1.85. The van der Waals surface area contributed by atoms with Crippen LogP contribution in [0.5, 0.6) is 0 Å². The third-order valence-corrected chi connectivity index (χ3v) is 5.61. The molecule has 136 valence electrons. The Kier molecular flexibility index (Phi) is 4.74. The van der Waals surface area contributed by atoms with Crippen molar-refractivity contribution >= 4 is 56.2 Å². The van der Waals surface area contributed by atoms with E-state index in [0.717, 1.165) is 27.2 Å². The maximum atomic E-state index is 12.4. The van der Waals surface area contributed by atoms with Crippen LogP contribution in [0.4, 0.5) is 10.8 Å². The summed E-state index contributed by atoms with van der Waals surface area (Å²) in [6.45, 7) is 1.64. The normalized spacial score (nSPS) is 10.9. The molecule has 0 saturated carbocycles. The van der Waals surface area contributed by atoms with Gasteiger partial charge in [-0.1, -0.05) is 12.1 Å². The van der Waals surface area contributed by atoms with Gasteiger partial charge in [0.15, 0.2) is 5.13 Å². The fourth-order valence-corrected chi connectivity index (χ4v) is 4.33. The van der Waals surface area contributed by atoms with E-state index in [1.165, 1.54) is 18.3 Å². The monoisotopic (exact) mass is 396 g/mol. The van der Waals surface area contributed by atoms with Gasteiger partial charge in [0.05, 0.1) is 21.8 Å². The third kappa shape index (κ3) is 3.76. The van der Waals surface area contributed by atoms with Crippen molar-refractivity contribution < 1.29 is 9.59 Å². The molecule has 2 amide bonds. The standard InChI is InChI=1S/C19H16N4O2S2/c1-12(24)20-14-4-2-5-16-13(14)7-8-23(16)10-18(25)22-19-21-15(11-27-19)17-6-3-9-26-17/h2-9,11H,10H2,1H3,(H,20,24)(H,21,22,25). The molecule has 3 aromatic heterocycles. The average Bonchev–Trinajstić information content (AvgIpc) is 3.35. The van der Waals surface area contributed by atoms with Gasteiger partial charge in [-0.15, -0.1) is 22.7 Å². The Morgan fingerprint density at radius 1 is 1.11 bits per heavy atom. The molecule has 0 saturated heterocycles. The van der Waals surface area contributed by atoms with Crippen molar-refractivity contribution in [2.75, 3.05) is 10.6 Å². The largest absolute Gasteiger partial charge is 0.338 e. The molecule has 0 radical (unpaired) electrons. The molecule has 4 rings (SSSR count). The highest BCUT2D eigenvalue weighted by molar-refractivity contribution is 7.16. The predicted octanol–water partition coefficient (Wildman–Crippen LogP) is 4.42. The molecule has 1 aromatic carbocycles. The first-order valence-corrected chi connectivity index (χ1v) is 10.0. The number of hydrogen-bond donors (Lipinski definition) is 2. The Labute approximate surface area is 163 Å². The molecule has 8 heteroatoms. The van der Waals surface area contributed by atoms with E-state index >= 15 is 0 Å². The van der Waals surface area contributed by atoms with Crippen molar-refractivity contribution in [1.29, 1.82) is 0 Å². The van der Waals surface area contributed by atoms with Crippen LogP contribution < -0.4 is 10.6 Å². The minimum absolute atomic E-state index is 0.127. The number of benzene rings is 1. The van der Waals surface area contributed by atoms with Crippen molar-refractivity contribution in [3.05, 3.63) is 53.4 Å². The maximum absolute atomic E-state index is 12.4. The number of rotatable bonds is 5. The summed E-state index contributed by atoms with van der Waals surface area (Å²) >= 11 is 3.02. The highest BCUT2D eigenvalue weighted by Crippen LogP contribution is 2.28. The minimum Gasteiger partial charge on any atom is -0.338 e. The van der Waals surface area contributed by atoms with Crippen LogP contribution in [0.25, 0.3) is 21.5 Å². The molecule has 0 atom stereocenters. The van der Waals surface area contributed by atoms with Crippen molar-refractivity contribution in [3.8, 4) is 10.6 Å². The zero-order valence-corrected chi connectivity index (χ0v) is 16.1. The lowest BCUT2D eigenvalue weighted by molar-refractivity contribution is -0.116. The third-order valence-electron chi connectivity index (χ3n) is 3.96. The molecular formula is C19H16N4O2S2. The number of fused-ring (bicyclic) bond motifs is 1. The molecule has 2 N–H and O–H groups in total. The van der Waals surface area contributed by atoms with Crippen molar-refractivity contribution in [3.63, 3.8) is 0 Å². The molecule has 0 aliphatic rings. The lowest BCUT2D eigenvalue weighted by atomic mass is 10.2. The van der Waals surface area contributed by atoms with Gasteiger partial charge >= 0.3 is 0 Å². The van der Waals surface area contributed by atoms with E-state index in [9.17, 15) is 9.59 Å². The van der Waals surface area contributed by atoms with Gasteiger partial charge in [-0.05, 0) is 29.6 Å². The van der Waals surface area contributed by atoms with E-state index in [4.69, 9.17) is 0 Å². The molecule has 4 aromatic rings. The van der Waals surface area contributed by atoms with Gasteiger partial charge in [0.1, 0.15) is 6.54 Å². The SMILES string of the molecule is CC(=O)Nc1cccc2c1ccn2CC(=O)Nc1nc(-c2cccs2)cs1. The van der Waals surface area contributed by atoms with Crippen LogP contribution >= 0.6 is 22.7 Å². The number of carbonyl (C=O) groups excluding carboxylic acids is 2. The number of hydrogen-bond acceptors (Lipinski definition) is 5. The summed E-state index contributed by atoms with van der Waals surface area (Å²) in [7, 11) is 0. The molecule has 0 aliphatic heterocycles. The van der Waals surface area contributed by atoms with Crippen LogP contribution in [0.2, 0.25) is 0 Å². The van der Waals surface area contributed by atoms with E-state index in [0.29, 0.717) is 5.13 Å². The summed E-state index contributed by atoms with van der Waals surface area (Å²) in [6, 6.07) is 11.5. The zero-order chi connectivity index (χ0) is 18.8. The molecule has 6 nitrogen and oxygen atoms in total. The lowest BCUT2D eigenvalue weighted by Gasteiger charge is -2.07. The fraction of sp³-hybridized carbons (Fsp3) is 0.105. The van der Waals surface area contributed by atoms with Gasteiger partial charge in [0.25, 0.3) is 0 Å². The number of aromatic nitrogens is 2. The Morgan fingerprint density at radius 3 is 2.78 bits per heavy atom. The summed E-state index contributed by atoms with van der Waals surface area (Å²) in [5.74, 6) is -0.275. The number of amides is 2. The van der Waals surface area contributed by atoms with E-state index in [1.807, 2.05) is 57.9 Å². The highest BCUT2D eigenvalue weighted by atomic mass is 32.1. The van der Waals surface area contributed by atoms with Gasteiger partial charge in [-0.25, -0.2) is 4.98 Å². The molecular weight excluding hydrogens is 380 g/mol. The number of thiophene rings is 1. The minimum atomic E-state index is -0.149. The average molecular weight is 396 g/mol. The number of carbonyl (C=O) groups is 2. The fourth-order valence-electron chi connectivity index (χ4n) is 2.84. The Morgan fingerprint density at radius 2 is 2.00 bits per heavy atom. The van der Waals surface area contributed by atoms with Crippen LogP contribution in [0, 0.1) is 0 Å². The number of nitrogens with zero attached hydrogens (tertiary/aromatic N) is 2. The van der Waals surface area contributed by atoms with E-state index < -0.39 is 0 Å². The number of anilines is 2. The van der Waals surface area contributed by atoms with Crippen LogP contribution in [0.15, 0.2) is 53.4 Å². The molecule has 0 fully saturated rings. The molecule has 0 aliphatic carbocycles. The van der Waals surface area contributed by atoms with Crippen molar-refractivity contribution in [2.45, 2.75) is 13.5 Å². The number of thiazole rings is 1. The van der Waals surface area contributed by atoms with Crippen LogP contribution in [0.1, 0.15) is 6.92 Å². The van der Waals surface area contributed by atoms with Gasteiger partial charge in [-0.3, -0.25) is 9.59 Å². The molecule has 3 heterocycles.